The lowest BCUT2D eigenvalue weighted by Crippen LogP contribution is -2.23. The van der Waals surface area contributed by atoms with Crippen molar-refractivity contribution in [2.75, 3.05) is 6.61 Å². The first kappa shape index (κ1) is 13.0. The number of benzene rings is 1. The lowest BCUT2D eigenvalue weighted by molar-refractivity contribution is 0.243. The van der Waals surface area contributed by atoms with Crippen molar-refractivity contribution in [3.8, 4) is 0 Å². The average Bonchev–Trinajstić information content (AvgIpc) is 2.42. The van der Waals surface area contributed by atoms with Crippen LogP contribution in [0.2, 0.25) is 5.02 Å². The number of aliphatic hydroxyl groups excluding tert-OH is 1. The molecule has 4 heteroatoms. The van der Waals surface area contributed by atoms with Gasteiger partial charge in [-0.25, -0.2) is 0 Å². The Bertz CT molecular complexity index is 473. The van der Waals surface area contributed by atoms with Crippen LogP contribution in [0, 0.1) is 0 Å². The smallest absolute Gasteiger partial charge is 0.0626 e. The monoisotopic (exact) mass is 262 g/mol. The fourth-order valence-corrected chi connectivity index (χ4v) is 1.85. The molecule has 1 aromatic heterocycles. The molecular formula is C14H15ClN2O. The number of pyridine rings is 1. The summed E-state index contributed by atoms with van der Waals surface area (Å²) in [5.74, 6) is 0. The van der Waals surface area contributed by atoms with Crippen LogP contribution < -0.4 is 5.32 Å². The van der Waals surface area contributed by atoms with Crippen LogP contribution in [0.4, 0.5) is 0 Å². The molecule has 0 aliphatic rings. The fraction of sp³-hybridized carbons (Fsp3) is 0.214. The van der Waals surface area contributed by atoms with Crippen molar-refractivity contribution in [2.45, 2.75) is 12.6 Å². The van der Waals surface area contributed by atoms with Gasteiger partial charge in [0.15, 0.2) is 0 Å². The summed E-state index contributed by atoms with van der Waals surface area (Å²) in [5, 5.41) is 13.4. The van der Waals surface area contributed by atoms with Gasteiger partial charge in [0.25, 0.3) is 0 Å². The number of hydrogen-bond acceptors (Lipinski definition) is 3. The fourth-order valence-electron chi connectivity index (χ4n) is 1.73. The van der Waals surface area contributed by atoms with Gasteiger partial charge in [0.05, 0.1) is 12.6 Å². The van der Waals surface area contributed by atoms with Crippen molar-refractivity contribution in [1.29, 1.82) is 0 Å². The molecule has 1 heterocycles. The van der Waals surface area contributed by atoms with E-state index in [4.69, 9.17) is 11.6 Å². The van der Waals surface area contributed by atoms with E-state index in [2.05, 4.69) is 10.3 Å². The van der Waals surface area contributed by atoms with E-state index in [0.717, 1.165) is 11.1 Å². The number of rotatable bonds is 5. The van der Waals surface area contributed by atoms with Crippen molar-refractivity contribution in [1.82, 2.24) is 10.3 Å². The molecule has 0 spiro atoms. The Kier molecular flexibility index (Phi) is 4.70. The number of hydrogen-bond donors (Lipinski definition) is 2. The minimum atomic E-state index is -0.0949. The van der Waals surface area contributed by atoms with Gasteiger partial charge in [-0.05, 0) is 29.3 Å². The Labute approximate surface area is 111 Å². The summed E-state index contributed by atoms with van der Waals surface area (Å²) in [6, 6.07) is 11.3. The van der Waals surface area contributed by atoms with Crippen molar-refractivity contribution >= 4 is 11.6 Å². The minimum Gasteiger partial charge on any atom is -0.394 e. The summed E-state index contributed by atoms with van der Waals surface area (Å²) >= 11 is 5.84. The second kappa shape index (κ2) is 6.50. The molecule has 0 fully saturated rings. The molecule has 0 aliphatic carbocycles. The van der Waals surface area contributed by atoms with Gasteiger partial charge in [0, 0.05) is 24.0 Å². The molecular weight excluding hydrogens is 248 g/mol. The Morgan fingerprint density at radius 1 is 1.22 bits per heavy atom. The quantitative estimate of drug-likeness (QED) is 0.871. The zero-order chi connectivity index (χ0) is 12.8. The van der Waals surface area contributed by atoms with Gasteiger partial charge in [-0.1, -0.05) is 29.8 Å². The Hall–Kier alpha value is -1.42. The molecule has 94 valence electrons. The Morgan fingerprint density at radius 3 is 2.61 bits per heavy atom. The van der Waals surface area contributed by atoms with Gasteiger partial charge in [0.2, 0.25) is 0 Å². The number of nitrogens with one attached hydrogen (secondary N) is 1. The predicted molar refractivity (Wildman–Crippen MR) is 72.4 cm³/mol. The summed E-state index contributed by atoms with van der Waals surface area (Å²) in [7, 11) is 0. The van der Waals surface area contributed by atoms with E-state index in [0.29, 0.717) is 11.6 Å². The van der Waals surface area contributed by atoms with Crippen LogP contribution in [0.25, 0.3) is 0 Å². The van der Waals surface area contributed by atoms with Crippen molar-refractivity contribution < 1.29 is 5.11 Å². The van der Waals surface area contributed by atoms with Crippen LogP contribution in [-0.4, -0.2) is 16.7 Å². The summed E-state index contributed by atoms with van der Waals surface area (Å²) in [6.07, 6.45) is 3.55. The molecule has 3 nitrogen and oxygen atoms in total. The lowest BCUT2D eigenvalue weighted by Gasteiger charge is -2.16. The first-order chi connectivity index (χ1) is 8.79. The maximum atomic E-state index is 9.42. The molecule has 1 atom stereocenters. The first-order valence-corrected chi connectivity index (χ1v) is 6.16. The van der Waals surface area contributed by atoms with E-state index >= 15 is 0 Å². The maximum Gasteiger partial charge on any atom is 0.0626 e. The SMILES string of the molecule is OCC(NCc1cccnc1)c1ccc(Cl)cc1. The van der Waals surface area contributed by atoms with Gasteiger partial charge in [0.1, 0.15) is 0 Å². The van der Waals surface area contributed by atoms with Crippen molar-refractivity contribution in [3.05, 3.63) is 64.9 Å². The van der Waals surface area contributed by atoms with Crippen LogP contribution in [0.15, 0.2) is 48.8 Å². The van der Waals surface area contributed by atoms with Gasteiger partial charge >= 0.3 is 0 Å². The van der Waals surface area contributed by atoms with E-state index in [1.165, 1.54) is 0 Å². The second-order valence-electron chi connectivity index (χ2n) is 4.03. The highest BCUT2D eigenvalue weighted by Crippen LogP contribution is 2.16. The average molecular weight is 263 g/mol. The molecule has 0 saturated carbocycles. The molecule has 0 aliphatic heterocycles. The number of aliphatic hydroxyl groups is 1. The third kappa shape index (κ3) is 3.53. The summed E-state index contributed by atoms with van der Waals surface area (Å²) in [5.41, 5.74) is 2.11. The molecule has 0 amide bonds. The minimum absolute atomic E-state index is 0.0435. The molecule has 1 unspecified atom stereocenters. The standard InChI is InChI=1S/C14H15ClN2O/c15-13-5-3-12(4-6-13)14(10-18)17-9-11-2-1-7-16-8-11/h1-8,14,17-18H,9-10H2. The molecule has 1 aromatic carbocycles. The van der Waals surface area contributed by atoms with E-state index in [1.54, 1.807) is 6.20 Å². The van der Waals surface area contributed by atoms with Crippen LogP contribution in [-0.2, 0) is 6.54 Å². The molecule has 0 radical (unpaired) electrons. The number of nitrogens with zero attached hydrogens (tertiary/aromatic N) is 1. The number of halogens is 1. The molecule has 18 heavy (non-hydrogen) atoms. The maximum absolute atomic E-state index is 9.42. The molecule has 2 N–H and O–H groups in total. The van der Waals surface area contributed by atoms with Gasteiger partial charge < -0.3 is 10.4 Å². The zero-order valence-electron chi connectivity index (χ0n) is 9.88. The summed E-state index contributed by atoms with van der Waals surface area (Å²) < 4.78 is 0. The third-order valence-electron chi connectivity index (χ3n) is 2.73. The van der Waals surface area contributed by atoms with Crippen LogP contribution >= 0.6 is 11.6 Å². The summed E-state index contributed by atoms with van der Waals surface area (Å²) in [6.45, 7) is 0.712. The Morgan fingerprint density at radius 2 is 2.00 bits per heavy atom. The normalized spacial score (nSPS) is 12.3. The zero-order valence-corrected chi connectivity index (χ0v) is 10.6. The molecule has 0 saturated heterocycles. The van der Waals surface area contributed by atoms with E-state index in [-0.39, 0.29) is 12.6 Å². The topological polar surface area (TPSA) is 45.1 Å². The number of aromatic nitrogens is 1. The highest BCUT2D eigenvalue weighted by Gasteiger charge is 2.09. The van der Waals surface area contributed by atoms with Crippen LogP contribution in [0.3, 0.4) is 0 Å². The predicted octanol–water partition coefficient (Wildman–Crippen LogP) is 2.56. The van der Waals surface area contributed by atoms with E-state index < -0.39 is 0 Å². The van der Waals surface area contributed by atoms with Gasteiger partial charge in [-0.3, -0.25) is 4.98 Å². The third-order valence-corrected chi connectivity index (χ3v) is 2.98. The van der Waals surface area contributed by atoms with Gasteiger partial charge in [-0.15, -0.1) is 0 Å². The van der Waals surface area contributed by atoms with Crippen LogP contribution in [0.1, 0.15) is 17.2 Å². The molecule has 2 rings (SSSR count). The second-order valence-corrected chi connectivity index (χ2v) is 4.47. The van der Waals surface area contributed by atoms with E-state index in [1.807, 2.05) is 42.6 Å². The van der Waals surface area contributed by atoms with Crippen molar-refractivity contribution in [3.63, 3.8) is 0 Å². The molecule has 2 aromatic rings. The molecule has 0 bridgehead atoms. The van der Waals surface area contributed by atoms with E-state index in [9.17, 15) is 5.11 Å². The largest absolute Gasteiger partial charge is 0.394 e. The highest BCUT2D eigenvalue weighted by molar-refractivity contribution is 6.30. The summed E-state index contributed by atoms with van der Waals surface area (Å²) in [4.78, 5) is 4.05. The highest BCUT2D eigenvalue weighted by atomic mass is 35.5. The van der Waals surface area contributed by atoms with Gasteiger partial charge in [-0.2, -0.15) is 0 Å². The lowest BCUT2D eigenvalue weighted by atomic mass is 10.1. The first-order valence-electron chi connectivity index (χ1n) is 5.78. The van der Waals surface area contributed by atoms with Crippen molar-refractivity contribution in [2.24, 2.45) is 0 Å². The van der Waals surface area contributed by atoms with Crippen LogP contribution in [0.5, 0.6) is 0 Å². The Balaban J connectivity index is 1.99.